The number of carbonyl (C=O) groups is 2. The lowest BCUT2D eigenvalue weighted by atomic mass is 10.2. The minimum absolute atomic E-state index is 0.0853. The van der Waals surface area contributed by atoms with Gasteiger partial charge in [-0.05, 0) is 38.8 Å². The zero-order valence-corrected chi connectivity index (χ0v) is 16.0. The Labute approximate surface area is 155 Å². The Morgan fingerprint density at radius 1 is 1.19 bits per heavy atom. The lowest BCUT2D eigenvalue weighted by molar-refractivity contribution is -0.124. The van der Waals surface area contributed by atoms with Crippen LogP contribution in [0.1, 0.15) is 54.0 Å². The van der Waals surface area contributed by atoms with E-state index in [0.717, 1.165) is 24.2 Å². The Bertz CT molecular complexity index is 750. The highest BCUT2D eigenvalue weighted by molar-refractivity contribution is 5.92. The van der Waals surface area contributed by atoms with Crippen molar-refractivity contribution in [3.8, 4) is 0 Å². The van der Waals surface area contributed by atoms with Gasteiger partial charge in [0, 0.05) is 24.0 Å². The summed E-state index contributed by atoms with van der Waals surface area (Å²) >= 11 is 0. The Morgan fingerprint density at radius 2 is 1.88 bits per heavy atom. The van der Waals surface area contributed by atoms with Gasteiger partial charge in [-0.15, -0.1) is 0 Å². The van der Waals surface area contributed by atoms with Crippen LogP contribution in [-0.2, 0) is 16.1 Å². The van der Waals surface area contributed by atoms with Crippen molar-refractivity contribution >= 4 is 11.9 Å². The lowest BCUT2D eigenvalue weighted by Gasteiger charge is -2.13. The third kappa shape index (κ3) is 5.22. The van der Waals surface area contributed by atoms with Crippen LogP contribution in [0.3, 0.4) is 0 Å². The molecule has 0 bridgehead atoms. The molecular weight excluding hydrogens is 328 g/mol. The topological polar surface area (TPSA) is 60.3 Å². The van der Waals surface area contributed by atoms with Crippen molar-refractivity contribution in [2.45, 2.75) is 53.1 Å². The first-order valence-corrected chi connectivity index (χ1v) is 9.09. The van der Waals surface area contributed by atoms with Gasteiger partial charge in [0.05, 0.1) is 5.56 Å². The maximum absolute atomic E-state index is 12.4. The van der Waals surface area contributed by atoms with Crippen molar-refractivity contribution in [2.75, 3.05) is 6.61 Å². The highest BCUT2D eigenvalue weighted by Gasteiger charge is 2.18. The van der Waals surface area contributed by atoms with E-state index in [1.807, 2.05) is 45.0 Å². The molecule has 5 heteroatoms. The number of amides is 1. The minimum atomic E-state index is -0.462. The van der Waals surface area contributed by atoms with Crippen molar-refractivity contribution in [1.29, 1.82) is 0 Å². The second-order valence-electron chi connectivity index (χ2n) is 6.69. The Kier molecular flexibility index (Phi) is 7.01. The molecule has 2 rings (SSSR count). The normalized spacial score (nSPS) is 11.8. The molecule has 1 aromatic carbocycles. The molecule has 1 amide bonds. The molecular formula is C21H28N2O3. The molecule has 0 fully saturated rings. The summed E-state index contributed by atoms with van der Waals surface area (Å²) in [4.78, 5) is 24.3. The maximum Gasteiger partial charge on any atom is 0.340 e. The standard InChI is InChI=1S/C21H28N2O3/c1-5-9-15(2)22-20(24)14-26-21(25)19-12-16(3)23(17(19)4)13-18-10-7-6-8-11-18/h6-8,10-12,15H,5,9,13-14H2,1-4H3,(H,22,24). The van der Waals surface area contributed by atoms with Crippen LogP contribution < -0.4 is 5.32 Å². The predicted molar refractivity (Wildman–Crippen MR) is 102 cm³/mol. The summed E-state index contributed by atoms with van der Waals surface area (Å²) < 4.78 is 7.28. The molecule has 0 aliphatic carbocycles. The number of aryl methyl sites for hydroxylation is 1. The molecule has 1 unspecified atom stereocenters. The molecule has 1 heterocycles. The van der Waals surface area contributed by atoms with Gasteiger partial charge >= 0.3 is 5.97 Å². The van der Waals surface area contributed by atoms with E-state index in [4.69, 9.17) is 4.74 Å². The highest BCUT2D eigenvalue weighted by Crippen LogP contribution is 2.18. The number of nitrogens with one attached hydrogen (secondary N) is 1. The largest absolute Gasteiger partial charge is 0.452 e. The van der Waals surface area contributed by atoms with Gasteiger partial charge in [-0.25, -0.2) is 4.79 Å². The molecule has 0 saturated carbocycles. The van der Waals surface area contributed by atoms with Gasteiger partial charge in [0.15, 0.2) is 6.61 Å². The predicted octanol–water partition coefficient (Wildman–Crippen LogP) is 3.61. The molecule has 0 radical (unpaired) electrons. The van der Waals surface area contributed by atoms with Gasteiger partial charge in [-0.1, -0.05) is 43.7 Å². The Morgan fingerprint density at radius 3 is 2.54 bits per heavy atom. The SMILES string of the molecule is CCCC(C)NC(=O)COC(=O)c1cc(C)n(Cc2ccccc2)c1C. The van der Waals surface area contributed by atoms with E-state index in [1.165, 1.54) is 5.56 Å². The Balaban J connectivity index is 1.99. The van der Waals surface area contributed by atoms with E-state index in [1.54, 1.807) is 0 Å². The van der Waals surface area contributed by atoms with Crippen LogP contribution >= 0.6 is 0 Å². The summed E-state index contributed by atoms with van der Waals surface area (Å²) in [6, 6.07) is 12.0. The second-order valence-corrected chi connectivity index (χ2v) is 6.69. The molecule has 0 saturated heterocycles. The lowest BCUT2D eigenvalue weighted by Crippen LogP contribution is -2.35. The molecule has 0 spiro atoms. The van der Waals surface area contributed by atoms with E-state index in [9.17, 15) is 9.59 Å². The zero-order valence-electron chi connectivity index (χ0n) is 16.0. The monoisotopic (exact) mass is 356 g/mol. The van der Waals surface area contributed by atoms with Crippen molar-refractivity contribution in [1.82, 2.24) is 9.88 Å². The Hall–Kier alpha value is -2.56. The van der Waals surface area contributed by atoms with Crippen LogP contribution in [0.4, 0.5) is 0 Å². The zero-order chi connectivity index (χ0) is 19.1. The number of aromatic nitrogens is 1. The van der Waals surface area contributed by atoms with E-state index >= 15 is 0 Å². The van der Waals surface area contributed by atoms with Gasteiger partial charge in [-0.2, -0.15) is 0 Å². The smallest absolute Gasteiger partial charge is 0.340 e. The van der Waals surface area contributed by atoms with Gasteiger partial charge < -0.3 is 14.6 Å². The summed E-state index contributed by atoms with van der Waals surface area (Å²) in [7, 11) is 0. The number of rotatable bonds is 8. The molecule has 0 aliphatic heterocycles. The van der Waals surface area contributed by atoms with Crippen molar-refractivity contribution in [2.24, 2.45) is 0 Å². The fourth-order valence-electron chi connectivity index (χ4n) is 3.05. The van der Waals surface area contributed by atoms with Crippen molar-refractivity contribution in [3.05, 3.63) is 58.9 Å². The van der Waals surface area contributed by atoms with E-state index in [2.05, 4.69) is 28.9 Å². The van der Waals surface area contributed by atoms with E-state index in [-0.39, 0.29) is 18.6 Å². The summed E-state index contributed by atoms with van der Waals surface area (Å²) in [5.74, 6) is -0.729. The number of benzene rings is 1. The van der Waals surface area contributed by atoms with Crippen molar-refractivity contribution in [3.63, 3.8) is 0 Å². The molecule has 26 heavy (non-hydrogen) atoms. The first-order chi connectivity index (χ1) is 12.4. The molecule has 140 valence electrons. The quantitative estimate of drug-likeness (QED) is 0.735. The fraction of sp³-hybridized carbons (Fsp3) is 0.429. The van der Waals surface area contributed by atoms with Crippen molar-refractivity contribution < 1.29 is 14.3 Å². The number of nitrogens with zero attached hydrogens (tertiary/aromatic N) is 1. The maximum atomic E-state index is 12.4. The molecule has 1 aromatic heterocycles. The second kappa shape index (κ2) is 9.22. The molecule has 2 aromatic rings. The van der Waals surface area contributed by atoms with Gasteiger partial charge in [-0.3, -0.25) is 4.79 Å². The fourth-order valence-corrected chi connectivity index (χ4v) is 3.05. The van der Waals surface area contributed by atoms with Crippen LogP contribution in [0.25, 0.3) is 0 Å². The van der Waals surface area contributed by atoms with Gasteiger partial charge in [0.1, 0.15) is 0 Å². The van der Waals surface area contributed by atoms with Crippen LogP contribution in [0.2, 0.25) is 0 Å². The molecule has 1 N–H and O–H groups in total. The molecule has 0 aliphatic rings. The minimum Gasteiger partial charge on any atom is -0.452 e. The molecule has 1 atom stereocenters. The van der Waals surface area contributed by atoms with E-state index in [0.29, 0.717) is 12.1 Å². The summed E-state index contributed by atoms with van der Waals surface area (Å²) in [6.07, 6.45) is 1.90. The van der Waals surface area contributed by atoms with Crippen LogP contribution in [0, 0.1) is 13.8 Å². The first kappa shape index (κ1) is 19.8. The summed E-state index contributed by atoms with van der Waals surface area (Å²) in [5, 5.41) is 2.83. The number of carbonyl (C=O) groups excluding carboxylic acids is 2. The number of ether oxygens (including phenoxy) is 1. The summed E-state index contributed by atoms with van der Waals surface area (Å²) in [5.41, 5.74) is 3.50. The average molecular weight is 356 g/mol. The van der Waals surface area contributed by atoms with Crippen LogP contribution in [0.15, 0.2) is 36.4 Å². The van der Waals surface area contributed by atoms with Gasteiger partial charge in [0.2, 0.25) is 0 Å². The van der Waals surface area contributed by atoms with Crippen LogP contribution in [0.5, 0.6) is 0 Å². The third-order valence-electron chi connectivity index (χ3n) is 4.44. The first-order valence-electron chi connectivity index (χ1n) is 9.09. The van der Waals surface area contributed by atoms with Crippen LogP contribution in [-0.4, -0.2) is 29.1 Å². The molecule has 5 nitrogen and oxygen atoms in total. The number of hydrogen-bond donors (Lipinski definition) is 1. The highest BCUT2D eigenvalue weighted by atomic mass is 16.5. The van der Waals surface area contributed by atoms with E-state index < -0.39 is 5.97 Å². The van der Waals surface area contributed by atoms with Gasteiger partial charge in [0.25, 0.3) is 5.91 Å². The number of esters is 1. The summed E-state index contributed by atoms with van der Waals surface area (Å²) in [6.45, 7) is 8.31. The number of hydrogen-bond acceptors (Lipinski definition) is 3. The third-order valence-corrected chi connectivity index (χ3v) is 4.44. The average Bonchev–Trinajstić information content (AvgIpc) is 2.89.